The SMILES string of the molecule is CC1CN(Cc2ccccc2)CCN1C(c1cccc(O)c1)c1cccc(C(=O)N2CCN(CCCCC=O)CC2)c1. The van der Waals surface area contributed by atoms with E-state index in [0.717, 1.165) is 76.1 Å². The Morgan fingerprint density at radius 3 is 2.29 bits per heavy atom. The van der Waals surface area contributed by atoms with Crippen molar-refractivity contribution in [2.75, 3.05) is 52.4 Å². The van der Waals surface area contributed by atoms with E-state index in [1.165, 1.54) is 5.56 Å². The van der Waals surface area contributed by atoms with E-state index < -0.39 is 0 Å². The highest BCUT2D eigenvalue weighted by molar-refractivity contribution is 5.94. The molecule has 2 atom stereocenters. The molecule has 2 aliphatic heterocycles. The standard InChI is InChI=1S/C35H44N4O3/c1-28-26-37(27-29-10-4-2-5-11-29)19-22-39(28)34(31-13-9-15-33(41)25-31)30-12-8-14-32(24-30)35(42)38-20-17-36(18-21-38)16-6-3-7-23-40/h2,4-5,8-15,23-25,28,34,41H,3,6-7,16-22,26-27H2,1H3. The summed E-state index contributed by atoms with van der Waals surface area (Å²) in [5.41, 5.74) is 4.15. The van der Waals surface area contributed by atoms with E-state index in [9.17, 15) is 14.7 Å². The van der Waals surface area contributed by atoms with Gasteiger partial charge in [-0.1, -0.05) is 54.6 Å². The molecule has 0 saturated carbocycles. The van der Waals surface area contributed by atoms with Crippen molar-refractivity contribution in [1.82, 2.24) is 19.6 Å². The minimum Gasteiger partial charge on any atom is -0.508 e. The summed E-state index contributed by atoms with van der Waals surface area (Å²) in [5.74, 6) is 0.331. The molecule has 1 amide bonds. The van der Waals surface area contributed by atoms with E-state index in [1.807, 2.05) is 29.2 Å². The van der Waals surface area contributed by atoms with E-state index in [4.69, 9.17) is 0 Å². The first-order chi connectivity index (χ1) is 20.5. The van der Waals surface area contributed by atoms with Crippen LogP contribution in [0.3, 0.4) is 0 Å². The summed E-state index contributed by atoms with van der Waals surface area (Å²) in [6.07, 6.45) is 3.56. The van der Waals surface area contributed by atoms with Crippen LogP contribution in [0.15, 0.2) is 78.9 Å². The lowest BCUT2D eigenvalue weighted by molar-refractivity contribution is -0.107. The molecule has 2 fully saturated rings. The van der Waals surface area contributed by atoms with Crippen LogP contribution in [0.5, 0.6) is 5.75 Å². The molecule has 3 aromatic rings. The van der Waals surface area contributed by atoms with Gasteiger partial charge in [-0.05, 0) is 67.3 Å². The third kappa shape index (κ3) is 7.65. The molecule has 42 heavy (non-hydrogen) atoms. The fraction of sp³-hybridized carbons (Fsp3) is 0.429. The molecule has 7 nitrogen and oxygen atoms in total. The van der Waals surface area contributed by atoms with Gasteiger partial charge in [-0.3, -0.25) is 19.5 Å². The van der Waals surface area contributed by atoms with Crippen LogP contribution in [0.4, 0.5) is 0 Å². The second-order valence-corrected chi connectivity index (χ2v) is 11.7. The largest absolute Gasteiger partial charge is 0.508 e. The zero-order chi connectivity index (χ0) is 29.3. The smallest absolute Gasteiger partial charge is 0.253 e. The normalized spacial score (nSPS) is 19.5. The van der Waals surface area contributed by atoms with Crippen LogP contribution in [-0.4, -0.2) is 95.3 Å². The topological polar surface area (TPSA) is 67.3 Å². The number of benzene rings is 3. The number of phenolic OH excluding ortho intramolecular Hbond substituents is 1. The maximum Gasteiger partial charge on any atom is 0.253 e. The number of aldehydes is 1. The van der Waals surface area contributed by atoms with E-state index in [0.29, 0.717) is 25.1 Å². The lowest BCUT2D eigenvalue weighted by Crippen LogP contribution is -2.52. The first-order valence-corrected chi connectivity index (χ1v) is 15.4. The minimum absolute atomic E-state index is 0.0676. The summed E-state index contributed by atoms with van der Waals surface area (Å²) in [6.45, 7) is 10.1. The molecule has 0 aromatic heterocycles. The first-order valence-electron chi connectivity index (χ1n) is 15.4. The Hall–Kier alpha value is -3.52. The third-order valence-electron chi connectivity index (χ3n) is 8.68. The van der Waals surface area contributed by atoms with Crippen LogP contribution >= 0.6 is 0 Å². The monoisotopic (exact) mass is 568 g/mol. The summed E-state index contributed by atoms with van der Waals surface area (Å²) in [6, 6.07) is 26.5. The molecule has 5 rings (SSSR count). The maximum atomic E-state index is 13.6. The number of piperazine rings is 2. The third-order valence-corrected chi connectivity index (χ3v) is 8.68. The molecule has 2 aliphatic rings. The van der Waals surface area contributed by atoms with Crippen molar-refractivity contribution in [2.45, 2.75) is 44.8 Å². The van der Waals surface area contributed by atoms with Crippen molar-refractivity contribution in [1.29, 1.82) is 0 Å². The number of nitrogens with zero attached hydrogens (tertiary/aromatic N) is 4. The van der Waals surface area contributed by atoms with Crippen molar-refractivity contribution in [3.63, 3.8) is 0 Å². The Morgan fingerprint density at radius 2 is 1.57 bits per heavy atom. The number of carbonyl (C=O) groups is 2. The number of carbonyl (C=O) groups excluding carboxylic acids is 2. The van der Waals surface area contributed by atoms with Crippen LogP contribution in [0.1, 0.15) is 59.3 Å². The number of rotatable bonds is 11. The molecular formula is C35H44N4O3. The Bertz CT molecular complexity index is 1310. The van der Waals surface area contributed by atoms with Crippen molar-refractivity contribution < 1.29 is 14.7 Å². The molecule has 222 valence electrons. The van der Waals surface area contributed by atoms with Crippen LogP contribution in [-0.2, 0) is 11.3 Å². The molecule has 2 heterocycles. The average molecular weight is 569 g/mol. The molecule has 3 aromatic carbocycles. The van der Waals surface area contributed by atoms with Crippen molar-refractivity contribution in [3.8, 4) is 5.75 Å². The van der Waals surface area contributed by atoms with Crippen molar-refractivity contribution in [3.05, 3.63) is 101 Å². The summed E-state index contributed by atoms with van der Waals surface area (Å²) in [5, 5.41) is 10.4. The number of unbranched alkanes of at least 4 members (excludes halogenated alkanes) is 2. The highest BCUT2D eigenvalue weighted by Gasteiger charge is 2.32. The maximum absolute atomic E-state index is 13.6. The van der Waals surface area contributed by atoms with Crippen molar-refractivity contribution >= 4 is 12.2 Å². The van der Waals surface area contributed by atoms with Gasteiger partial charge in [-0.2, -0.15) is 0 Å². The number of amides is 1. The molecule has 7 heteroatoms. The van der Waals surface area contributed by atoms with Gasteiger partial charge in [0.25, 0.3) is 5.91 Å². The highest BCUT2D eigenvalue weighted by Crippen LogP contribution is 2.34. The lowest BCUT2D eigenvalue weighted by Gasteiger charge is -2.44. The molecule has 0 aliphatic carbocycles. The van der Waals surface area contributed by atoms with E-state index in [-0.39, 0.29) is 23.7 Å². The summed E-state index contributed by atoms with van der Waals surface area (Å²) in [4.78, 5) is 33.6. The Labute approximate surface area is 250 Å². The average Bonchev–Trinajstić information content (AvgIpc) is 3.01. The summed E-state index contributed by atoms with van der Waals surface area (Å²) >= 11 is 0. The molecular weight excluding hydrogens is 524 g/mol. The number of aromatic hydroxyl groups is 1. The molecule has 0 bridgehead atoms. The van der Waals surface area contributed by atoms with E-state index in [2.05, 4.69) is 70.2 Å². The lowest BCUT2D eigenvalue weighted by atomic mass is 9.93. The zero-order valence-electron chi connectivity index (χ0n) is 24.8. The molecule has 2 unspecified atom stereocenters. The number of hydrogen-bond acceptors (Lipinski definition) is 6. The summed E-state index contributed by atoms with van der Waals surface area (Å²) < 4.78 is 0. The first kappa shape index (κ1) is 30.0. The second kappa shape index (κ2) is 14.6. The molecule has 2 saturated heterocycles. The van der Waals surface area contributed by atoms with Gasteiger partial charge in [-0.15, -0.1) is 0 Å². The Morgan fingerprint density at radius 1 is 0.857 bits per heavy atom. The van der Waals surface area contributed by atoms with Crippen LogP contribution in [0, 0.1) is 0 Å². The van der Waals surface area contributed by atoms with Crippen LogP contribution in [0.25, 0.3) is 0 Å². The second-order valence-electron chi connectivity index (χ2n) is 11.7. The molecule has 0 spiro atoms. The zero-order valence-corrected chi connectivity index (χ0v) is 24.8. The predicted octanol–water partition coefficient (Wildman–Crippen LogP) is 4.81. The quantitative estimate of drug-likeness (QED) is 0.265. The van der Waals surface area contributed by atoms with E-state index in [1.54, 1.807) is 6.07 Å². The van der Waals surface area contributed by atoms with Crippen molar-refractivity contribution in [2.24, 2.45) is 0 Å². The van der Waals surface area contributed by atoms with E-state index >= 15 is 0 Å². The van der Waals surface area contributed by atoms with Gasteiger partial charge in [0.15, 0.2) is 0 Å². The number of hydrogen-bond donors (Lipinski definition) is 1. The van der Waals surface area contributed by atoms with Gasteiger partial charge in [0, 0.05) is 70.4 Å². The van der Waals surface area contributed by atoms with Gasteiger partial charge in [-0.25, -0.2) is 0 Å². The fourth-order valence-corrected chi connectivity index (χ4v) is 6.45. The minimum atomic E-state index is -0.0676. The molecule has 1 N–H and O–H groups in total. The predicted molar refractivity (Wildman–Crippen MR) is 167 cm³/mol. The molecule has 0 radical (unpaired) electrons. The highest BCUT2D eigenvalue weighted by atomic mass is 16.3. The van der Waals surface area contributed by atoms with Gasteiger partial charge < -0.3 is 14.8 Å². The number of phenols is 1. The Balaban J connectivity index is 1.30. The van der Waals surface area contributed by atoms with Gasteiger partial charge >= 0.3 is 0 Å². The van der Waals surface area contributed by atoms with Crippen LogP contribution in [0.2, 0.25) is 0 Å². The van der Waals surface area contributed by atoms with Crippen LogP contribution < -0.4 is 0 Å². The Kier molecular flexibility index (Phi) is 10.4. The van der Waals surface area contributed by atoms with Gasteiger partial charge in [0.1, 0.15) is 12.0 Å². The van der Waals surface area contributed by atoms with Gasteiger partial charge in [0.2, 0.25) is 0 Å². The fourth-order valence-electron chi connectivity index (χ4n) is 6.45. The van der Waals surface area contributed by atoms with Gasteiger partial charge in [0.05, 0.1) is 6.04 Å². The summed E-state index contributed by atoms with van der Waals surface area (Å²) in [7, 11) is 0.